The van der Waals surface area contributed by atoms with Crippen LogP contribution in [0.5, 0.6) is 0 Å². The molecule has 0 aromatic carbocycles. The molecule has 1 aliphatic rings. The minimum Gasteiger partial charge on any atom is -0.381 e. The molecule has 8 nitrogen and oxygen atoms in total. The van der Waals surface area contributed by atoms with E-state index >= 15 is 0 Å². The monoisotopic (exact) mass is 324 g/mol. The van der Waals surface area contributed by atoms with E-state index in [4.69, 9.17) is 4.74 Å². The molecule has 1 N–H and O–H groups in total. The highest BCUT2D eigenvalue weighted by molar-refractivity contribution is 6.13. The molecule has 0 amide bonds. The SMILES string of the molecule is Cn1cc2c(n1)c(=O)n(C1CCOCC1)c1[nH]ccc3nnc2c31. The fraction of sp³-hybridized carbons (Fsp3) is 0.375. The van der Waals surface area contributed by atoms with E-state index in [1.807, 2.05) is 23.9 Å². The van der Waals surface area contributed by atoms with E-state index in [2.05, 4.69) is 20.3 Å². The van der Waals surface area contributed by atoms with E-state index in [0.29, 0.717) is 24.2 Å². The van der Waals surface area contributed by atoms with Crippen molar-refractivity contribution in [3.63, 3.8) is 0 Å². The van der Waals surface area contributed by atoms with Crippen molar-refractivity contribution in [3.05, 3.63) is 28.8 Å². The van der Waals surface area contributed by atoms with Crippen molar-refractivity contribution in [1.82, 2.24) is 29.5 Å². The third-order valence-electron chi connectivity index (χ3n) is 4.75. The molecule has 0 spiro atoms. The summed E-state index contributed by atoms with van der Waals surface area (Å²) in [5, 5.41) is 14.6. The van der Waals surface area contributed by atoms with E-state index in [0.717, 1.165) is 34.8 Å². The van der Waals surface area contributed by atoms with Crippen molar-refractivity contribution in [2.45, 2.75) is 18.9 Å². The molecular weight excluding hydrogens is 308 g/mol. The first-order valence-electron chi connectivity index (χ1n) is 8.03. The Morgan fingerprint density at radius 3 is 2.92 bits per heavy atom. The van der Waals surface area contributed by atoms with E-state index in [9.17, 15) is 4.79 Å². The Morgan fingerprint density at radius 1 is 1.25 bits per heavy atom. The van der Waals surface area contributed by atoms with Gasteiger partial charge in [-0.2, -0.15) is 5.10 Å². The van der Waals surface area contributed by atoms with Gasteiger partial charge in [-0.3, -0.25) is 14.0 Å². The largest absolute Gasteiger partial charge is 0.381 e. The summed E-state index contributed by atoms with van der Waals surface area (Å²) in [6.45, 7) is 1.31. The van der Waals surface area contributed by atoms with Gasteiger partial charge in [-0.25, -0.2) is 0 Å². The lowest BCUT2D eigenvalue weighted by atomic mass is 10.1. The predicted octanol–water partition coefficient (Wildman–Crippen LogP) is 1.51. The molecule has 4 aromatic heterocycles. The number of aromatic amines is 1. The summed E-state index contributed by atoms with van der Waals surface area (Å²) in [5.74, 6) is 0. The van der Waals surface area contributed by atoms with Crippen molar-refractivity contribution in [2.24, 2.45) is 7.05 Å². The second kappa shape index (κ2) is 4.88. The van der Waals surface area contributed by atoms with Crippen molar-refractivity contribution in [1.29, 1.82) is 0 Å². The third-order valence-corrected chi connectivity index (χ3v) is 4.75. The molecule has 8 heteroatoms. The molecule has 1 fully saturated rings. The number of fused-ring (bicyclic) bond motifs is 2. The van der Waals surface area contributed by atoms with Gasteiger partial charge in [0.25, 0.3) is 5.56 Å². The van der Waals surface area contributed by atoms with Gasteiger partial charge in [-0.05, 0) is 18.9 Å². The Bertz CT molecular complexity index is 1130. The highest BCUT2D eigenvalue weighted by atomic mass is 16.5. The van der Waals surface area contributed by atoms with Gasteiger partial charge in [0, 0.05) is 38.7 Å². The van der Waals surface area contributed by atoms with Crippen LogP contribution in [0.3, 0.4) is 0 Å². The van der Waals surface area contributed by atoms with E-state index in [1.165, 1.54) is 0 Å². The van der Waals surface area contributed by atoms with Crippen molar-refractivity contribution < 1.29 is 4.74 Å². The summed E-state index contributed by atoms with van der Waals surface area (Å²) in [5.41, 5.74) is 2.57. The summed E-state index contributed by atoms with van der Waals surface area (Å²) in [4.78, 5) is 16.5. The van der Waals surface area contributed by atoms with Gasteiger partial charge in [-0.1, -0.05) is 0 Å². The van der Waals surface area contributed by atoms with Crippen LogP contribution in [0.25, 0.3) is 33.0 Å². The Labute approximate surface area is 136 Å². The molecule has 1 saturated heterocycles. The van der Waals surface area contributed by atoms with Crippen molar-refractivity contribution in [3.8, 4) is 0 Å². The van der Waals surface area contributed by atoms with Crippen LogP contribution in [0.1, 0.15) is 18.9 Å². The van der Waals surface area contributed by atoms with Crippen LogP contribution < -0.4 is 5.56 Å². The minimum absolute atomic E-state index is 0.0730. The average Bonchev–Trinajstić information content (AvgIpc) is 3.17. The van der Waals surface area contributed by atoms with Crippen molar-refractivity contribution >= 4 is 33.0 Å². The van der Waals surface area contributed by atoms with E-state index in [-0.39, 0.29) is 11.6 Å². The zero-order valence-electron chi connectivity index (χ0n) is 13.2. The maximum absolute atomic E-state index is 13.3. The number of rotatable bonds is 1. The minimum atomic E-state index is -0.0979. The first kappa shape index (κ1) is 13.7. The Kier molecular flexibility index (Phi) is 2.78. The zero-order valence-corrected chi connectivity index (χ0v) is 13.2. The molecule has 122 valence electrons. The molecule has 0 bridgehead atoms. The molecule has 5 heterocycles. The molecular formula is C16H16N6O2. The molecule has 1 aliphatic heterocycles. The van der Waals surface area contributed by atoms with Gasteiger partial charge >= 0.3 is 0 Å². The lowest BCUT2D eigenvalue weighted by Gasteiger charge is -2.24. The number of hydrogen-bond donors (Lipinski definition) is 1. The molecule has 0 atom stereocenters. The molecule has 0 unspecified atom stereocenters. The van der Waals surface area contributed by atoms with Crippen LogP contribution in [0.4, 0.5) is 0 Å². The normalized spacial score (nSPS) is 16.5. The van der Waals surface area contributed by atoms with Crippen LogP contribution in [0, 0.1) is 0 Å². The number of nitrogens with one attached hydrogen (secondary N) is 1. The lowest BCUT2D eigenvalue weighted by Crippen LogP contribution is -2.29. The number of H-pyrrole nitrogens is 1. The van der Waals surface area contributed by atoms with Gasteiger partial charge in [-0.15, -0.1) is 10.2 Å². The fourth-order valence-electron chi connectivity index (χ4n) is 3.65. The summed E-state index contributed by atoms with van der Waals surface area (Å²) in [7, 11) is 1.81. The van der Waals surface area contributed by atoms with Gasteiger partial charge in [0.05, 0.1) is 10.8 Å². The summed E-state index contributed by atoms with van der Waals surface area (Å²) < 4.78 is 8.95. The summed E-state index contributed by atoms with van der Waals surface area (Å²) in [6.07, 6.45) is 5.24. The van der Waals surface area contributed by atoms with E-state index < -0.39 is 0 Å². The van der Waals surface area contributed by atoms with Crippen molar-refractivity contribution in [2.75, 3.05) is 13.2 Å². The number of ether oxygens (including phenoxy) is 1. The standard InChI is InChI=1S/C16H16N6O2/c1-21-8-10-13-12-11(18-19-13)2-5-17-15(12)22(16(23)14(10)20-21)9-3-6-24-7-4-9/h2,5,8-9,17H,3-4,6-7H2,1H3. The van der Waals surface area contributed by atoms with Crippen LogP contribution in [-0.2, 0) is 11.8 Å². The number of hydrogen-bond acceptors (Lipinski definition) is 5. The number of pyridine rings is 1. The highest BCUT2D eigenvalue weighted by Crippen LogP contribution is 2.29. The van der Waals surface area contributed by atoms with Gasteiger partial charge in [0.1, 0.15) is 16.7 Å². The summed E-state index contributed by atoms with van der Waals surface area (Å²) in [6, 6.07) is 1.95. The number of nitrogens with zero attached hydrogens (tertiary/aromatic N) is 5. The maximum Gasteiger partial charge on any atom is 0.280 e. The quantitative estimate of drug-likeness (QED) is 0.573. The Morgan fingerprint density at radius 2 is 2.08 bits per heavy atom. The number of aromatic nitrogens is 6. The molecule has 0 aliphatic carbocycles. The van der Waals surface area contributed by atoms with Gasteiger partial charge in [0.15, 0.2) is 5.52 Å². The maximum atomic E-state index is 13.3. The van der Waals surface area contributed by atoms with Crippen LogP contribution in [0.15, 0.2) is 23.3 Å². The zero-order chi connectivity index (χ0) is 16.3. The highest BCUT2D eigenvalue weighted by Gasteiger charge is 2.23. The second-order valence-corrected chi connectivity index (χ2v) is 6.22. The molecule has 5 rings (SSSR count). The fourth-order valence-corrected chi connectivity index (χ4v) is 3.65. The Balaban J connectivity index is 2.04. The van der Waals surface area contributed by atoms with Crippen LogP contribution in [0.2, 0.25) is 0 Å². The van der Waals surface area contributed by atoms with Crippen LogP contribution in [-0.4, -0.2) is 42.7 Å². The smallest absolute Gasteiger partial charge is 0.280 e. The summed E-state index contributed by atoms with van der Waals surface area (Å²) >= 11 is 0. The molecule has 0 saturated carbocycles. The lowest BCUT2D eigenvalue weighted by molar-refractivity contribution is 0.0698. The first-order valence-corrected chi connectivity index (χ1v) is 8.03. The second-order valence-electron chi connectivity index (χ2n) is 6.22. The molecule has 4 aromatic rings. The van der Waals surface area contributed by atoms with Gasteiger partial charge in [0.2, 0.25) is 0 Å². The molecule has 0 radical (unpaired) electrons. The topological polar surface area (TPSA) is 90.6 Å². The van der Waals surface area contributed by atoms with Crippen LogP contribution >= 0.6 is 0 Å². The average molecular weight is 324 g/mol. The van der Waals surface area contributed by atoms with E-state index in [1.54, 1.807) is 10.9 Å². The first-order chi connectivity index (χ1) is 11.7. The van der Waals surface area contributed by atoms with Gasteiger partial charge < -0.3 is 9.72 Å². The number of aryl methyl sites for hydroxylation is 1. The Hall–Kier alpha value is -2.74. The predicted molar refractivity (Wildman–Crippen MR) is 89.0 cm³/mol. The molecule has 24 heavy (non-hydrogen) atoms. The third kappa shape index (κ3) is 1.77.